The Morgan fingerprint density at radius 2 is 1.89 bits per heavy atom. The Labute approximate surface area is 166 Å². The Bertz CT molecular complexity index is 651. The highest BCUT2D eigenvalue weighted by Gasteiger charge is 2.32. The second kappa shape index (κ2) is 8.78. The van der Waals surface area contributed by atoms with Crippen molar-refractivity contribution in [3.63, 3.8) is 0 Å². The fraction of sp³-hybridized carbons (Fsp3) is 0.650. The van der Waals surface area contributed by atoms with Gasteiger partial charge >= 0.3 is 0 Å². The fourth-order valence-corrected chi connectivity index (χ4v) is 4.51. The van der Waals surface area contributed by atoms with Crippen molar-refractivity contribution < 1.29 is 9.53 Å². The minimum absolute atomic E-state index is 0.0151. The number of nitrogens with one attached hydrogen (secondary N) is 1. The molecule has 27 heavy (non-hydrogen) atoms. The van der Waals surface area contributed by atoms with Gasteiger partial charge in [-0.25, -0.2) is 0 Å². The van der Waals surface area contributed by atoms with Crippen molar-refractivity contribution in [3.8, 4) is 0 Å². The summed E-state index contributed by atoms with van der Waals surface area (Å²) in [5.41, 5.74) is 1.22. The van der Waals surface area contributed by atoms with E-state index in [1.54, 1.807) is 0 Å². The number of amides is 1. The lowest BCUT2D eigenvalue weighted by Gasteiger charge is -2.36. The van der Waals surface area contributed by atoms with E-state index in [1.165, 1.54) is 5.69 Å². The van der Waals surface area contributed by atoms with E-state index in [-0.39, 0.29) is 17.9 Å². The van der Waals surface area contributed by atoms with Gasteiger partial charge < -0.3 is 19.9 Å². The second-order valence-corrected chi connectivity index (χ2v) is 8.30. The van der Waals surface area contributed by atoms with E-state index in [0.29, 0.717) is 13.2 Å². The first-order valence-corrected chi connectivity index (χ1v) is 10.4. The molecule has 1 aromatic carbocycles. The van der Waals surface area contributed by atoms with Crippen molar-refractivity contribution in [2.24, 2.45) is 5.92 Å². The van der Waals surface area contributed by atoms with Gasteiger partial charge in [0, 0.05) is 50.0 Å². The van der Waals surface area contributed by atoms with Gasteiger partial charge in [0.1, 0.15) is 0 Å². The van der Waals surface area contributed by atoms with Crippen molar-refractivity contribution in [3.05, 3.63) is 29.3 Å². The van der Waals surface area contributed by atoms with Crippen LogP contribution in [0.3, 0.4) is 0 Å². The van der Waals surface area contributed by atoms with Gasteiger partial charge in [-0.1, -0.05) is 17.7 Å². The SMILES string of the molecule is O=C1N[C@@H]2COC[C@H]1CN(CCCN1CCN(c3cccc(Cl)c3)CC1)C2. The Morgan fingerprint density at radius 1 is 1.07 bits per heavy atom. The van der Waals surface area contributed by atoms with Crippen LogP contribution in [0.4, 0.5) is 5.69 Å². The lowest BCUT2D eigenvalue weighted by molar-refractivity contribution is -0.125. The summed E-state index contributed by atoms with van der Waals surface area (Å²) >= 11 is 6.12. The molecule has 0 saturated carbocycles. The second-order valence-electron chi connectivity index (χ2n) is 7.86. The molecule has 4 rings (SSSR count). The van der Waals surface area contributed by atoms with Gasteiger partial charge in [0.15, 0.2) is 0 Å². The molecule has 148 valence electrons. The summed E-state index contributed by atoms with van der Waals surface area (Å²) in [6, 6.07) is 8.27. The summed E-state index contributed by atoms with van der Waals surface area (Å²) in [7, 11) is 0. The normalized spacial score (nSPS) is 27.3. The first-order valence-electron chi connectivity index (χ1n) is 10.0. The number of ether oxygens (including phenoxy) is 1. The number of nitrogens with zero attached hydrogens (tertiary/aromatic N) is 3. The van der Waals surface area contributed by atoms with Crippen LogP contribution in [-0.4, -0.2) is 87.3 Å². The standard InChI is InChI=1S/C20H29ClN4O2/c21-17-3-1-4-19(11-17)25-9-7-23(8-10-25)5-2-6-24-12-16-14-27-15-18(13-24)22-20(16)26/h1,3-4,11,16,18H,2,5-10,12-15H2,(H,22,26)/t16-,18+/m1/s1. The number of carbonyl (C=O) groups excluding carboxylic acids is 1. The Morgan fingerprint density at radius 3 is 2.70 bits per heavy atom. The van der Waals surface area contributed by atoms with E-state index in [4.69, 9.17) is 16.3 Å². The molecule has 1 N–H and O–H groups in total. The monoisotopic (exact) mass is 392 g/mol. The summed E-state index contributed by atoms with van der Waals surface area (Å²) in [6.45, 7) is 9.37. The molecule has 0 radical (unpaired) electrons. The lowest BCUT2D eigenvalue weighted by Crippen LogP contribution is -2.47. The summed E-state index contributed by atoms with van der Waals surface area (Å²) in [6.07, 6.45) is 1.14. The molecule has 3 aliphatic heterocycles. The molecule has 7 heteroatoms. The van der Waals surface area contributed by atoms with Gasteiger partial charge in [-0.2, -0.15) is 0 Å². The number of rotatable bonds is 5. The van der Waals surface area contributed by atoms with Gasteiger partial charge in [0.05, 0.1) is 25.2 Å². The number of benzene rings is 1. The number of piperazine rings is 1. The topological polar surface area (TPSA) is 48.1 Å². The highest BCUT2D eigenvalue weighted by molar-refractivity contribution is 6.30. The number of carbonyl (C=O) groups is 1. The number of hydrogen-bond donors (Lipinski definition) is 1. The summed E-state index contributed by atoms with van der Waals surface area (Å²) < 4.78 is 5.60. The highest BCUT2D eigenvalue weighted by atomic mass is 35.5. The van der Waals surface area contributed by atoms with Crippen molar-refractivity contribution in [1.29, 1.82) is 0 Å². The van der Waals surface area contributed by atoms with Gasteiger partial charge in [0.2, 0.25) is 5.91 Å². The lowest BCUT2D eigenvalue weighted by atomic mass is 10.1. The predicted octanol–water partition coefficient (Wildman–Crippen LogP) is 1.30. The van der Waals surface area contributed by atoms with Crippen LogP contribution < -0.4 is 10.2 Å². The van der Waals surface area contributed by atoms with E-state index in [9.17, 15) is 4.79 Å². The van der Waals surface area contributed by atoms with Crippen molar-refractivity contribution in [2.45, 2.75) is 12.5 Å². The van der Waals surface area contributed by atoms with Gasteiger partial charge in [0.25, 0.3) is 0 Å². The average molecular weight is 393 g/mol. The molecule has 3 fully saturated rings. The maximum atomic E-state index is 12.1. The van der Waals surface area contributed by atoms with Crippen LogP contribution in [0.5, 0.6) is 0 Å². The minimum Gasteiger partial charge on any atom is -0.378 e. The zero-order valence-electron chi connectivity index (χ0n) is 15.8. The molecular weight excluding hydrogens is 364 g/mol. The quantitative estimate of drug-likeness (QED) is 0.818. The molecule has 6 nitrogen and oxygen atoms in total. The Hall–Kier alpha value is -1.34. The maximum absolute atomic E-state index is 12.1. The number of halogens is 1. The van der Waals surface area contributed by atoms with E-state index in [2.05, 4.69) is 26.1 Å². The van der Waals surface area contributed by atoms with Crippen LogP contribution in [-0.2, 0) is 9.53 Å². The summed E-state index contributed by atoms with van der Waals surface area (Å²) in [5, 5.41) is 3.91. The van der Waals surface area contributed by atoms with E-state index >= 15 is 0 Å². The third kappa shape index (κ3) is 4.93. The smallest absolute Gasteiger partial charge is 0.227 e. The molecule has 0 unspecified atom stereocenters. The fourth-order valence-electron chi connectivity index (χ4n) is 4.32. The molecule has 2 atom stereocenters. The number of hydrogen-bond acceptors (Lipinski definition) is 5. The summed E-state index contributed by atoms with van der Waals surface area (Å²) in [4.78, 5) is 19.5. The van der Waals surface area contributed by atoms with Crippen molar-refractivity contribution in [1.82, 2.24) is 15.1 Å². The molecule has 0 aliphatic carbocycles. The first kappa shape index (κ1) is 19.0. The van der Waals surface area contributed by atoms with Crippen LogP contribution in [0.2, 0.25) is 5.02 Å². The van der Waals surface area contributed by atoms with Gasteiger partial charge in [-0.05, 0) is 37.7 Å². The van der Waals surface area contributed by atoms with Crippen LogP contribution in [0.25, 0.3) is 0 Å². The molecule has 3 aliphatic rings. The summed E-state index contributed by atoms with van der Waals surface area (Å²) in [5.74, 6) is 0.149. The van der Waals surface area contributed by atoms with Crippen molar-refractivity contribution in [2.75, 3.05) is 70.5 Å². The Balaban J connectivity index is 1.20. The van der Waals surface area contributed by atoms with E-state index in [1.807, 2.05) is 18.2 Å². The zero-order chi connectivity index (χ0) is 18.6. The predicted molar refractivity (Wildman–Crippen MR) is 107 cm³/mol. The molecule has 3 heterocycles. The molecule has 2 bridgehead atoms. The molecule has 1 aromatic rings. The highest BCUT2D eigenvalue weighted by Crippen LogP contribution is 2.21. The van der Waals surface area contributed by atoms with Crippen molar-refractivity contribution >= 4 is 23.2 Å². The molecule has 0 spiro atoms. The first-order chi connectivity index (χ1) is 13.2. The van der Waals surface area contributed by atoms with E-state index in [0.717, 1.165) is 63.8 Å². The van der Waals surface area contributed by atoms with Crippen LogP contribution in [0.15, 0.2) is 24.3 Å². The zero-order valence-corrected chi connectivity index (χ0v) is 16.5. The molecule has 1 amide bonds. The van der Waals surface area contributed by atoms with Crippen LogP contribution >= 0.6 is 11.6 Å². The largest absolute Gasteiger partial charge is 0.378 e. The number of anilines is 1. The van der Waals surface area contributed by atoms with Crippen LogP contribution in [0, 0.1) is 5.92 Å². The average Bonchev–Trinajstić information content (AvgIpc) is 2.91. The maximum Gasteiger partial charge on any atom is 0.227 e. The van der Waals surface area contributed by atoms with Gasteiger partial charge in [-0.15, -0.1) is 0 Å². The third-order valence-corrected chi connectivity index (χ3v) is 6.04. The minimum atomic E-state index is -0.0151. The Kier molecular flexibility index (Phi) is 6.18. The molecule has 3 saturated heterocycles. The van der Waals surface area contributed by atoms with E-state index < -0.39 is 0 Å². The molecular formula is C20H29ClN4O2. The number of fused-ring (bicyclic) bond motifs is 3. The van der Waals surface area contributed by atoms with Crippen LogP contribution in [0.1, 0.15) is 6.42 Å². The molecule has 0 aromatic heterocycles. The third-order valence-electron chi connectivity index (χ3n) is 5.81. The van der Waals surface area contributed by atoms with Gasteiger partial charge in [-0.3, -0.25) is 9.69 Å².